The van der Waals surface area contributed by atoms with Crippen LogP contribution in [0.25, 0.3) is 11.3 Å². The van der Waals surface area contributed by atoms with Gasteiger partial charge in [0.1, 0.15) is 11.4 Å². The van der Waals surface area contributed by atoms with E-state index < -0.39 is 12.3 Å². The molecule has 1 aliphatic rings. The maximum atomic E-state index is 12.9. The van der Waals surface area contributed by atoms with E-state index in [1.165, 1.54) is 12.1 Å². The third kappa shape index (κ3) is 5.68. The number of piperidine rings is 1. The Labute approximate surface area is 186 Å². The molecule has 1 aliphatic heterocycles. The summed E-state index contributed by atoms with van der Waals surface area (Å²) in [5, 5.41) is 9.62. The van der Waals surface area contributed by atoms with E-state index in [-0.39, 0.29) is 24.1 Å². The summed E-state index contributed by atoms with van der Waals surface area (Å²) >= 11 is 0. The van der Waals surface area contributed by atoms with E-state index in [0.29, 0.717) is 36.5 Å². The van der Waals surface area contributed by atoms with Crippen LogP contribution in [0.1, 0.15) is 23.3 Å². The minimum Gasteiger partial charge on any atom is -0.406 e. The standard InChI is InChI=1S/C22H20F3N5O3/c23-22(24,25)33-17-5-3-16(4-6-17)27-20(31)15-2-1-11-30(13-15)21(32)19-12-18(28-29-19)14-7-9-26-10-8-14/h3-10,12,15H,1-2,11,13H2,(H,27,31)(H,28,29). The monoisotopic (exact) mass is 459 g/mol. The van der Waals surface area contributed by atoms with Crippen molar-refractivity contribution in [1.29, 1.82) is 0 Å². The molecule has 3 heterocycles. The Morgan fingerprint density at radius 1 is 1.12 bits per heavy atom. The van der Waals surface area contributed by atoms with E-state index in [4.69, 9.17) is 0 Å². The Balaban J connectivity index is 1.36. The van der Waals surface area contributed by atoms with E-state index in [9.17, 15) is 22.8 Å². The molecule has 4 rings (SSSR count). The van der Waals surface area contributed by atoms with Gasteiger partial charge in [-0.15, -0.1) is 13.2 Å². The number of alkyl halides is 3. The van der Waals surface area contributed by atoms with Gasteiger partial charge in [-0.05, 0) is 55.3 Å². The number of H-pyrrole nitrogens is 1. The van der Waals surface area contributed by atoms with Crippen molar-refractivity contribution in [3.63, 3.8) is 0 Å². The molecule has 33 heavy (non-hydrogen) atoms. The van der Waals surface area contributed by atoms with Gasteiger partial charge in [0.2, 0.25) is 5.91 Å². The Bertz CT molecular complexity index is 1120. The second kappa shape index (κ2) is 9.31. The number of anilines is 1. The Hall–Kier alpha value is -3.89. The van der Waals surface area contributed by atoms with Crippen LogP contribution < -0.4 is 10.1 Å². The molecule has 0 saturated carbocycles. The predicted molar refractivity (Wildman–Crippen MR) is 112 cm³/mol. The van der Waals surface area contributed by atoms with Crippen molar-refractivity contribution >= 4 is 17.5 Å². The number of carbonyl (C=O) groups excluding carboxylic acids is 2. The average molecular weight is 459 g/mol. The number of ether oxygens (including phenoxy) is 1. The number of aromatic nitrogens is 3. The number of carbonyl (C=O) groups is 2. The zero-order valence-corrected chi connectivity index (χ0v) is 17.3. The number of amides is 2. The van der Waals surface area contributed by atoms with Gasteiger partial charge in [0.25, 0.3) is 5.91 Å². The highest BCUT2D eigenvalue weighted by Crippen LogP contribution is 2.25. The lowest BCUT2D eigenvalue weighted by Gasteiger charge is -2.31. The lowest BCUT2D eigenvalue weighted by Crippen LogP contribution is -2.43. The second-order valence-electron chi connectivity index (χ2n) is 7.55. The second-order valence-corrected chi connectivity index (χ2v) is 7.55. The lowest BCUT2D eigenvalue weighted by molar-refractivity contribution is -0.274. The number of pyridine rings is 1. The first-order valence-electron chi connectivity index (χ1n) is 10.2. The molecule has 3 aromatic rings. The molecular weight excluding hydrogens is 439 g/mol. The number of hydrogen-bond acceptors (Lipinski definition) is 5. The van der Waals surface area contributed by atoms with Gasteiger partial charge in [0.15, 0.2) is 0 Å². The zero-order chi connectivity index (χ0) is 23.4. The van der Waals surface area contributed by atoms with E-state index in [0.717, 1.165) is 17.7 Å². The summed E-state index contributed by atoms with van der Waals surface area (Å²) in [5.74, 6) is -1.38. The van der Waals surface area contributed by atoms with Crippen LogP contribution in [0.3, 0.4) is 0 Å². The molecule has 0 spiro atoms. The summed E-state index contributed by atoms with van der Waals surface area (Å²) in [6.45, 7) is 0.735. The van der Waals surface area contributed by atoms with Crippen LogP contribution >= 0.6 is 0 Å². The predicted octanol–water partition coefficient (Wildman–Crippen LogP) is 3.86. The smallest absolute Gasteiger partial charge is 0.406 e. The average Bonchev–Trinajstić information content (AvgIpc) is 3.30. The van der Waals surface area contributed by atoms with Crippen molar-refractivity contribution in [2.75, 3.05) is 18.4 Å². The van der Waals surface area contributed by atoms with Crippen LogP contribution in [0.4, 0.5) is 18.9 Å². The number of halogens is 3. The largest absolute Gasteiger partial charge is 0.573 e. The molecule has 11 heteroatoms. The van der Waals surface area contributed by atoms with Crippen molar-refractivity contribution in [3.8, 4) is 17.0 Å². The van der Waals surface area contributed by atoms with Crippen molar-refractivity contribution in [2.24, 2.45) is 5.92 Å². The molecular formula is C22H20F3N5O3. The van der Waals surface area contributed by atoms with Gasteiger partial charge < -0.3 is 15.0 Å². The van der Waals surface area contributed by atoms with Gasteiger partial charge in [-0.2, -0.15) is 5.10 Å². The van der Waals surface area contributed by atoms with Crippen LogP contribution in [0.15, 0.2) is 54.9 Å². The molecule has 0 bridgehead atoms. The normalized spacial score (nSPS) is 16.3. The molecule has 1 aromatic carbocycles. The summed E-state index contributed by atoms with van der Waals surface area (Å²) in [7, 11) is 0. The Morgan fingerprint density at radius 2 is 1.85 bits per heavy atom. The number of hydrogen-bond donors (Lipinski definition) is 2. The molecule has 172 valence electrons. The van der Waals surface area contributed by atoms with Gasteiger partial charge in [-0.3, -0.25) is 19.7 Å². The van der Waals surface area contributed by atoms with Crippen LogP contribution in [-0.2, 0) is 4.79 Å². The van der Waals surface area contributed by atoms with Gasteiger partial charge >= 0.3 is 6.36 Å². The Kier molecular flexibility index (Phi) is 6.29. The molecule has 1 fully saturated rings. The van der Waals surface area contributed by atoms with Crippen LogP contribution in [0.2, 0.25) is 0 Å². The molecule has 1 atom stereocenters. The van der Waals surface area contributed by atoms with E-state index in [1.54, 1.807) is 35.5 Å². The fraction of sp³-hybridized carbons (Fsp3) is 0.273. The lowest BCUT2D eigenvalue weighted by atomic mass is 9.96. The number of likely N-dealkylation sites (tertiary alicyclic amines) is 1. The highest BCUT2D eigenvalue weighted by atomic mass is 19.4. The molecule has 2 N–H and O–H groups in total. The first-order valence-corrected chi connectivity index (χ1v) is 10.2. The molecule has 1 unspecified atom stereocenters. The number of rotatable bonds is 5. The minimum atomic E-state index is -4.78. The summed E-state index contributed by atoms with van der Waals surface area (Å²) in [6, 6.07) is 10.1. The maximum absolute atomic E-state index is 12.9. The van der Waals surface area contributed by atoms with E-state index in [1.807, 2.05) is 0 Å². The highest BCUT2D eigenvalue weighted by molar-refractivity contribution is 5.95. The third-order valence-electron chi connectivity index (χ3n) is 5.22. The highest BCUT2D eigenvalue weighted by Gasteiger charge is 2.31. The van der Waals surface area contributed by atoms with Gasteiger partial charge in [0, 0.05) is 36.7 Å². The summed E-state index contributed by atoms with van der Waals surface area (Å²) < 4.78 is 40.6. The van der Waals surface area contributed by atoms with Gasteiger partial charge in [-0.25, -0.2) is 0 Å². The van der Waals surface area contributed by atoms with E-state index in [2.05, 4.69) is 25.2 Å². The molecule has 0 radical (unpaired) electrons. The van der Waals surface area contributed by atoms with Gasteiger partial charge in [0.05, 0.1) is 11.6 Å². The first-order chi connectivity index (χ1) is 15.8. The molecule has 1 saturated heterocycles. The number of aromatic amines is 1. The first kappa shape index (κ1) is 22.3. The maximum Gasteiger partial charge on any atom is 0.573 e. The van der Waals surface area contributed by atoms with Crippen molar-refractivity contribution < 1.29 is 27.5 Å². The fourth-order valence-electron chi connectivity index (χ4n) is 3.63. The van der Waals surface area contributed by atoms with Crippen molar-refractivity contribution in [3.05, 3.63) is 60.6 Å². The summed E-state index contributed by atoms with van der Waals surface area (Å²) in [4.78, 5) is 31.2. The Morgan fingerprint density at radius 3 is 2.55 bits per heavy atom. The quantitative estimate of drug-likeness (QED) is 0.604. The minimum absolute atomic E-state index is 0.226. The topological polar surface area (TPSA) is 100 Å². The zero-order valence-electron chi connectivity index (χ0n) is 17.3. The SMILES string of the molecule is O=C(Nc1ccc(OC(F)(F)F)cc1)C1CCCN(C(=O)c2cc(-c3ccncc3)n[nH]2)C1. The van der Waals surface area contributed by atoms with Crippen LogP contribution in [0.5, 0.6) is 5.75 Å². The summed E-state index contributed by atoms with van der Waals surface area (Å²) in [5.41, 5.74) is 2.10. The molecule has 2 amide bonds. The van der Waals surface area contributed by atoms with E-state index >= 15 is 0 Å². The molecule has 2 aromatic heterocycles. The van der Waals surface area contributed by atoms with Crippen LogP contribution in [-0.4, -0.2) is 51.3 Å². The molecule has 8 nitrogen and oxygen atoms in total. The summed E-state index contributed by atoms with van der Waals surface area (Å²) in [6.07, 6.45) is -0.271. The third-order valence-corrected chi connectivity index (χ3v) is 5.22. The molecule has 0 aliphatic carbocycles. The fourth-order valence-corrected chi connectivity index (χ4v) is 3.63. The number of nitrogens with one attached hydrogen (secondary N) is 2. The number of nitrogens with zero attached hydrogens (tertiary/aromatic N) is 3. The van der Waals surface area contributed by atoms with Crippen molar-refractivity contribution in [1.82, 2.24) is 20.1 Å². The van der Waals surface area contributed by atoms with Crippen molar-refractivity contribution in [2.45, 2.75) is 19.2 Å². The van der Waals surface area contributed by atoms with Crippen LogP contribution in [0, 0.1) is 5.92 Å². The number of benzene rings is 1. The van der Waals surface area contributed by atoms with Gasteiger partial charge in [-0.1, -0.05) is 0 Å².